The third kappa shape index (κ3) is 2.77. The van der Waals surface area contributed by atoms with Crippen molar-refractivity contribution in [3.05, 3.63) is 59.4 Å². The molecule has 0 atom stereocenters. The number of carbonyl (C=O) groups excluding carboxylic acids is 2. The maximum atomic E-state index is 13.2. The number of nitrogens with one attached hydrogen (secondary N) is 1. The van der Waals surface area contributed by atoms with Crippen LogP contribution in [0.3, 0.4) is 0 Å². The van der Waals surface area contributed by atoms with Crippen molar-refractivity contribution in [3.8, 4) is 0 Å². The molecule has 24 heavy (non-hydrogen) atoms. The average Bonchev–Trinajstić information content (AvgIpc) is 2.68. The zero-order valence-electron chi connectivity index (χ0n) is 13.9. The average molecular weight is 326 g/mol. The van der Waals surface area contributed by atoms with E-state index in [-0.39, 0.29) is 18.2 Å². The Kier molecular flexibility index (Phi) is 3.87. The van der Waals surface area contributed by atoms with Gasteiger partial charge in [0.1, 0.15) is 5.82 Å². The summed E-state index contributed by atoms with van der Waals surface area (Å²) in [6.45, 7) is 3.77. The summed E-state index contributed by atoms with van der Waals surface area (Å²) in [5, 5.41) is 2.68. The number of hydrogen-bond acceptors (Lipinski definition) is 2. The summed E-state index contributed by atoms with van der Waals surface area (Å²) >= 11 is 0. The van der Waals surface area contributed by atoms with Gasteiger partial charge in [-0.25, -0.2) is 4.39 Å². The van der Waals surface area contributed by atoms with Gasteiger partial charge in [0.15, 0.2) is 0 Å². The summed E-state index contributed by atoms with van der Waals surface area (Å²) in [5.41, 5.74) is 2.44. The maximum absolute atomic E-state index is 13.2. The summed E-state index contributed by atoms with van der Waals surface area (Å²) in [7, 11) is 1.76. The first kappa shape index (κ1) is 16.2. The molecule has 0 aromatic heterocycles. The molecule has 2 aromatic rings. The Bertz CT molecular complexity index is 830. The Morgan fingerprint density at radius 1 is 1.21 bits per heavy atom. The van der Waals surface area contributed by atoms with Crippen LogP contribution in [-0.4, -0.2) is 18.9 Å². The molecule has 0 saturated carbocycles. The van der Waals surface area contributed by atoms with Gasteiger partial charge >= 0.3 is 0 Å². The van der Waals surface area contributed by atoms with Crippen molar-refractivity contribution in [2.24, 2.45) is 0 Å². The van der Waals surface area contributed by atoms with Gasteiger partial charge in [-0.2, -0.15) is 0 Å². The first-order valence-electron chi connectivity index (χ1n) is 7.76. The third-order valence-corrected chi connectivity index (χ3v) is 4.41. The van der Waals surface area contributed by atoms with Gasteiger partial charge in [-0.1, -0.05) is 18.2 Å². The summed E-state index contributed by atoms with van der Waals surface area (Å²) in [6, 6.07) is 11.4. The zero-order chi connectivity index (χ0) is 17.5. The molecule has 3 rings (SSSR count). The molecular weight excluding hydrogens is 307 g/mol. The van der Waals surface area contributed by atoms with Crippen LogP contribution in [-0.2, 0) is 21.4 Å². The van der Waals surface area contributed by atoms with Crippen molar-refractivity contribution in [2.45, 2.75) is 25.7 Å². The van der Waals surface area contributed by atoms with Gasteiger partial charge in [0.25, 0.3) is 0 Å². The lowest BCUT2D eigenvalue weighted by Crippen LogP contribution is -2.33. The van der Waals surface area contributed by atoms with Gasteiger partial charge < -0.3 is 10.2 Å². The molecule has 0 bridgehead atoms. The van der Waals surface area contributed by atoms with Gasteiger partial charge in [-0.15, -0.1) is 0 Å². The van der Waals surface area contributed by atoms with Crippen LogP contribution in [0.2, 0.25) is 0 Å². The highest BCUT2D eigenvalue weighted by Gasteiger charge is 2.42. The van der Waals surface area contributed by atoms with Crippen LogP contribution in [0.4, 0.5) is 15.8 Å². The lowest BCUT2D eigenvalue weighted by molar-refractivity contribution is -0.121. The number of nitrogens with zero attached hydrogens (tertiary/aromatic N) is 1. The van der Waals surface area contributed by atoms with Gasteiger partial charge in [0.2, 0.25) is 11.8 Å². The molecule has 2 amide bonds. The monoisotopic (exact) mass is 326 g/mol. The normalized spacial score (nSPS) is 15.3. The molecule has 2 aromatic carbocycles. The standard InChI is InChI=1S/C19H19FN2O2/c1-19(2)15-9-12(7-8-16(15)22(3)18(19)24)10-17(23)21-14-6-4-5-13(20)11-14/h4-9,11H,10H2,1-3H3,(H,21,23). The zero-order valence-corrected chi connectivity index (χ0v) is 13.9. The van der Waals surface area contributed by atoms with Crippen molar-refractivity contribution >= 4 is 23.2 Å². The number of hydrogen-bond donors (Lipinski definition) is 1. The Labute approximate surface area is 140 Å². The molecule has 0 saturated heterocycles. The van der Waals surface area contributed by atoms with Crippen molar-refractivity contribution in [2.75, 3.05) is 17.3 Å². The SMILES string of the molecule is CN1C(=O)C(C)(C)c2cc(CC(=O)Nc3cccc(F)c3)ccc21. The molecule has 1 aliphatic rings. The first-order chi connectivity index (χ1) is 11.3. The van der Waals surface area contributed by atoms with Crippen LogP contribution < -0.4 is 10.2 Å². The fraction of sp³-hybridized carbons (Fsp3) is 0.263. The Hall–Kier alpha value is -2.69. The lowest BCUT2D eigenvalue weighted by atomic mass is 9.85. The summed E-state index contributed by atoms with van der Waals surface area (Å²) in [5.74, 6) is -0.580. The largest absolute Gasteiger partial charge is 0.326 e. The van der Waals surface area contributed by atoms with E-state index in [1.165, 1.54) is 12.1 Å². The molecule has 0 fully saturated rings. The lowest BCUT2D eigenvalue weighted by Gasteiger charge is -2.16. The number of anilines is 2. The smallest absolute Gasteiger partial charge is 0.236 e. The van der Waals surface area contributed by atoms with Gasteiger partial charge in [-0.3, -0.25) is 9.59 Å². The highest BCUT2D eigenvalue weighted by atomic mass is 19.1. The van der Waals surface area contributed by atoms with Gasteiger partial charge in [-0.05, 0) is 49.2 Å². The van der Waals surface area contributed by atoms with E-state index in [2.05, 4.69) is 5.32 Å². The Balaban J connectivity index is 1.79. The van der Waals surface area contributed by atoms with E-state index in [0.29, 0.717) is 5.69 Å². The second kappa shape index (κ2) is 5.74. The van der Waals surface area contributed by atoms with E-state index in [1.807, 2.05) is 32.0 Å². The van der Waals surface area contributed by atoms with E-state index in [0.717, 1.165) is 16.8 Å². The second-order valence-electron chi connectivity index (χ2n) is 6.58. The van der Waals surface area contributed by atoms with E-state index < -0.39 is 11.2 Å². The predicted molar refractivity (Wildman–Crippen MR) is 91.6 cm³/mol. The van der Waals surface area contributed by atoms with Crippen molar-refractivity contribution in [1.82, 2.24) is 0 Å². The molecule has 1 aliphatic heterocycles. The summed E-state index contributed by atoms with van der Waals surface area (Å²) in [4.78, 5) is 26.1. The van der Waals surface area contributed by atoms with Crippen LogP contribution in [0.15, 0.2) is 42.5 Å². The molecular formula is C19H19FN2O2. The van der Waals surface area contributed by atoms with Crippen LogP contribution in [0.25, 0.3) is 0 Å². The highest BCUT2D eigenvalue weighted by molar-refractivity contribution is 6.07. The summed E-state index contributed by atoms with van der Waals surface area (Å²) < 4.78 is 13.2. The van der Waals surface area contributed by atoms with E-state index in [4.69, 9.17) is 0 Å². The van der Waals surface area contributed by atoms with Crippen LogP contribution in [0.1, 0.15) is 25.0 Å². The molecule has 5 heteroatoms. The molecule has 124 valence electrons. The molecule has 4 nitrogen and oxygen atoms in total. The second-order valence-corrected chi connectivity index (χ2v) is 6.58. The van der Waals surface area contributed by atoms with Gasteiger partial charge in [0, 0.05) is 18.4 Å². The number of benzene rings is 2. The first-order valence-corrected chi connectivity index (χ1v) is 7.76. The molecule has 1 N–H and O–H groups in total. The fourth-order valence-electron chi connectivity index (χ4n) is 3.09. The van der Waals surface area contributed by atoms with E-state index in [1.54, 1.807) is 24.1 Å². The van der Waals surface area contributed by atoms with Crippen molar-refractivity contribution in [1.29, 1.82) is 0 Å². The van der Waals surface area contributed by atoms with E-state index >= 15 is 0 Å². The molecule has 1 heterocycles. The number of amides is 2. The van der Waals surface area contributed by atoms with Crippen LogP contribution in [0.5, 0.6) is 0 Å². The number of rotatable bonds is 3. The van der Waals surface area contributed by atoms with Crippen molar-refractivity contribution in [3.63, 3.8) is 0 Å². The minimum absolute atomic E-state index is 0.0406. The Morgan fingerprint density at radius 2 is 1.96 bits per heavy atom. The number of halogens is 1. The molecule has 0 spiro atoms. The minimum Gasteiger partial charge on any atom is -0.326 e. The minimum atomic E-state index is -0.598. The topological polar surface area (TPSA) is 49.4 Å². The molecule has 0 aliphatic carbocycles. The number of fused-ring (bicyclic) bond motifs is 1. The Morgan fingerprint density at radius 3 is 2.67 bits per heavy atom. The molecule has 0 radical (unpaired) electrons. The predicted octanol–water partition coefficient (Wildman–Crippen LogP) is 3.26. The third-order valence-electron chi connectivity index (χ3n) is 4.41. The van der Waals surface area contributed by atoms with Gasteiger partial charge in [0.05, 0.1) is 11.8 Å². The van der Waals surface area contributed by atoms with Crippen LogP contribution >= 0.6 is 0 Å². The van der Waals surface area contributed by atoms with Crippen LogP contribution in [0, 0.1) is 5.82 Å². The summed E-state index contributed by atoms with van der Waals surface area (Å²) in [6.07, 6.45) is 0.164. The van der Waals surface area contributed by atoms with Crippen molar-refractivity contribution < 1.29 is 14.0 Å². The molecule has 0 unspecified atom stereocenters. The highest BCUT2D eigenvalue weighted by Crippen LogP contribution is 2.41. The van der Waals surface area contributed by atoms with E-state index in [9.17, 15) is 14.0 Å². The maximum Gasteiger partial charge on any atom is 0.236 e. The number of likely N-dealkylation sites (N-methyl/N-ethyl adjacent to an activating group) is 1. The number of carbonyl (C=O) groups is 2. The quantitative estimate of drug-likeness (QED) is 0.941. The fourth-order valence-corrected chi connectivity index (χ4v) is 3.09.